The van der Waals surface area contributed by atoms with Crippen molar-refractivity contribution in [2.24, 2.45) is 0 Å². The fourth-order valence-electron chi connectivity index (χ4n) is 0.250. The van der Waals surface area contributed by atoms with Crippen molar-refractivity contribution in [3.63, 3.8) is 0 Å². The van der Waals surface area contributed by atoms with Crippen LogP contribution in [-0.4, -0.2) is 20.2 Å². The normalized spacial score (nSPS) is 6.00. The van der Waals surface area contributed by atoms with Gasteiger partial charge in [-0.2, -0.15) is 7.11 Å². The predicted molar refractivity (Wildman–Crippen MR) is 30.1 cm³/mol. The minimum absolute atomic E-state index is 0. The maximum Gasteiger partial charge on any atom is 1.00 e. The Bertz CT molecular complexity index is 19.9. The van der Waals surface area contributed by atoms with Crippen LogP contribution in [0.5, 0.6) is 0 Å². The molecular weight excluding hydrogens is 113 g/mol. The van der Waals surface area contributed by atoms with Gasteiger partial charge in [-0.1, -0.05) is 13.8 Å². The molecule has 0 radical (unpaired) electrons. The molecule has 46 valence electrons. The summed E-state index contributed by atoms with van der Waals surface area (Å²) in [5.41, 5.74) is 0. The average molecular weight is 127 g/mol. The molecule has 0 aliphatic heterocycles. The van der Waals surface area contributed by atoms with Gasteiger partial charge in [-0.25, -0.2) is 0 Å². The van der Waals surface area contributed by atoms with Gasteiger partial charge in [0.05, 0.1) is 0 Å². The molecule has 0 saturated heterocycles. The first-order valence-corrected chi connectivity index (χ1v) is 2.53. The molecular formula is C5H14NNaO. The van der Waals surface area contributed by atoms with E-state index < -0.39 is 0 Å². The summed E-state index contributed by atoms with van der Waals surface area (Å²) in [6, 6.07) is 0. The van der Waals surface area contributed by atoms with Gasteiger partial charge in [0.15, 0.2) is 0 Å². The van der Waals surface area contributed by atoms with Crippen molar-refractivity contribution in [2.45, 2.75) is 13.8 Å². The molecule has 0 aromatic heterocycles. The van der Waals surface area contributed by atoms with Crippen molar-refractivity contribution in [2.75, 3.05) is 20.2 Å². The molecule has 0 unspecified atom stereocenters. The maximum absolute atomic E-state index is 8.25. The zero-order valence-corrected chi connectivity index (χ0v) is 8.32. The van der Waals surface area contributed by atoms with Crippen LogP contribution in [0.3, 0.4) is 0 Å². The molecule has 0 rings (SSSR count). The van der Waals surface area contributed by atoms with Crippen LogP contribution in [0.15, 0.2) is 0 Å². The first-order valence-electron chi connectivity index (χ1n) is 2.53. The largest absolute Gasteiger partial charge is 1.00 e. The molecule has 0 spiro atoms. The third-order valence-electron chi connectivity index (χ3n) is 0.500. The number of rotatable bonds is 2. The van der Waals surface area contributed by atoms with Crippen LogP contribution >= 0.6 is 0 Å². The van der Waals surface area contributed by atoms with Crippen molar-refractivity contribution in [3.05, 3.63) is 0 Å². The Kier molecular flexibility index (Phi) is 49.3. The number of nitrogens with one attached hydrogen (secondary N) is 1. The van der Waals surface area contributed by atoms with E-state index in [1.807, 2.05) is 0 Å². The van der Waals surface area contributed by atoms with Gasteiger partial charge >= 0.3 is 29.6 Å². The first-order chi connectivity index (χ1) is 3.41. The summed E-state index contributed by atoms with van der Waals surface area (Å²) in [6.45, 7) is 6.39. The van der Waals surface area contributed by atoms with E-state index in [4.69, 9.17) is 5.11 Å². The third kappa shape index (κ3) is 28.4. The van der Waals surface area contributed by atoms with E-state index in [9.17, 15) is 0 Å². The van der Waals surface area contributed by atoms with E-state index >= 15 is 0 Å². The Morgan fingerprint density at radius 3 is 1.38 bits per heavy atom. The molecule has 0 aromatic rings. The molecule has 0 amide bonds. The van der Waals surface area contributed by atoms with Crippen molar-refractivity contribution in [1.29, 1.82) is 0 Å². The van der Waals surface area contributed by atoms with E-state index in [-0.39, 0.29) is 29.6 Å². The van der Waals surface area contributed by atoms with Crippen LogP contribution < -0.4 is 40.0 Å². The molecule has 0 aliphatic rings. The van der Waals surface area contributed by atoms with Gasteiger partial charge in [0.2, 0.25) is 0 Å². The standard InChI is InChI=1S/C4H11N.CH3O.Na/c1-3-5-4-2;1-2;/h5H,3-4H2,1-2H3;1H3;/q;-1;+1. The summed E-state index contributed by atoms with van der Waals surface area (Å²) in [7, 11) is 0.750. The van der Waals surface area contributed by atoms with Crippen LogP contribution in [0.2, 0.25) is 0 Å². The molecule has 3 heteroatoms. The second-order valence-corrected chi connectivity index (χ2v) is 0.957. The Morgan fingerprint density at radius 1 is 1.12 bits per heavy atom. The third-order valence-corrected chi connectivity index (χ3v) is 0.500. The Morgan fingerprint density at radius 2 is 1.38 bits per heavy atom. The van der Waals surface area contributed by atoms with Crippen molar-refractivity contribution >= 4 is 0 Å². The first kappa shape index (κ1) is 16.0. The van der Waals surface area contributed by atoms with E-state index in [2.05, 4.69) is 19.2 Å². The molecule has 0 atom stereocenters. The molecule has 0 heterocycles. The molecule has 1 N–H and O–H groups in total. The molecule has 0 bridgehead atoms. The Hall–Kier alpha value is 0.920. The summed E-state index contributed by atoms with van der Waals surface area (Å²) in [4.78, 5) is 0. The van der Waals surface area contributed by atoms with Crippen LogP contribution in [-0.2, 0) is 0 Å². The van der Waals surface area contributed by atoms with Crippen LogP contribution in [0.1, 0.15) is 13.8 Å². The fraction of sp³-hybridized carbons (Fsp3) is 1.00. The van der Waals surface area contributed by atoms with Gasteiger partial charge in [0.25, 0.3) is 0 Å². The summed E-state index contributed by atoms with van der Waals surface area (Å²) >= 11 is 0. The summed E-state index contributed by atoms with van der Waals surface area (Å²) in [5, 5.41) is 11.4. The zero-order valence-electron chi connectivity index (χ0n) is 6.32. The van der Waals surface area contributed by atoms with Gasteiger partial charge in [-0.3, -0.25) is 0 Å². The van der Waals surface area contributed by atoms with Crippen molar-refractivity contribution in [1.82, 2.24) is 5.32 Å². The summed E-state index contributed by atoms with van der Waals surface area (Å²) in [6.07, 6.45) is 0. The predicted octanol–water partition coefficient (Wildman–Crippen LogP) is -3.40. The summed E-state index contributed by atoms with van der Waals surface area (Å²) < 4.78 is 0. The molecule has 8 heavy (non-hydrogen) atoms. The van der Waals surface area contributed by atoms with Crippen LogP contribution in [0.4, 0.5) is 0 Å². The van der Waals surface area contributed by atoms with Gasteiger partial charge in [-0.15, -0.1) is 0 Å². The van der Waals surface area contributed by atoms with Gasteiger partial charge < -0.3 is 10.4 Å². The fourth-order valence-corrected chi connectivity index (χ4v) is 0.250. The molecule has 2 nitrogen and oxygen atoms in total. The second kappa shape index (κ2) is 24.7. The molecule has 0 aromatic carbocycles. The SMILES string of the molecule is CCNCC.C[O-].[Na+]. The Balaban J connectivity index is -0.0000000750. The van der Waals surface area contributed by atoms with Gasteiger partial charge in [0.1, 0.15) is 0 Å². The van der Waals surface area contributed by atoms with E-state index in [0.29, 0.717) is 0 Å². The number of hydrogen-bond donors (Lipinski definition) is 1. The molecule has 0 aliphatic carbocycles. The van der Waals surface area contributed by atoms with E-state index in [0.717, 1.165) is 20.2 Å². The molecule has 0 saturated carbocycles. The Labute approximate surface area is 74.0 Å². The summed E-state index contributed by atoms with van der Waals surface area (Å²) in [5.74, 6) is 0. The average Bonchev–Trinajstić information content (AvgIpc) is 1.75. The second-order valence-electron chi connectivity index (χ2n) is 0.957. The topological polar surface area (TPSA) is 35.1 Å². The monoisotopic (exact) mass is 127 g/mol. The molecule has 0 fully saturated rings. The number of hydrogen-bond acceptors (Lipinski definition) is 2. The zero-order chi connectivity index (χ0) is 6.12. The smallest absolute Gasteiger partial charge is 0.857 e. The van der Waals surface area contributed by atoms with Crippen molar-refractivity contribution < 1.29 is 34.7 Å². The minimum Gasteiger partial charge on any atom is -0.857 e. The van der Waals surface area contributed by atoms with E-state index in [1.54, 1.807) is 0 Å². The maximum atomic E-state index is 8.25. The quantitative estimate of drug-likeness (QED) is 0.392. The van der Waals surface area contributed by atoms with E-state index in [1.165, 1.54) is 0 Å². The van der Waals surface area contributed by atoms with Crippen molar-refractivity contribution in [3.8, 4) is 0 Å². The van der Waals surface area contributed by atoms with Gasteiger partial charge in [-0.05, 0) is 13.1 Å². The van der Waals surface area contributed by atoms with Crippen LogP contribution in [0, 0.1) is 0 Å². The van der Waals surface area contributed by atoms with Gasteiger partial charge in [0, 0.05) is 0 Å². The minimum atomic E-state index is 0. The van der Waals surface area contributed by atoms with Crippen LogP contribution in [0.25, 0.3) is 0 Å².